The van der Waals surface area contributed by atoms with E-state index >= 15 is 0 Å². The van der Waals surface area contributed by atoms with Gasteiger partial charge in [-0.25, -0.2) is 0 Å². The summed E-state index contributed by atoms with van der Waals surface area (Å²) in [5, 5.41) is 7.88. The number of nitrogens with one attached hydrogen (secondary N) is 2. The molecule has 4 aromatic rings. The molecule has 0 fully saturated rings. The number of hydrogen-bond acceptors (Lipinski definition) is 3. The number of carbonyl (C=O) groups is 2. The lowest BCUT2D eigenvalue weighted by atomic mass is 10.0. The number of carbonyl (C=O) groups excluding carboxylic acids is 2. The minimum absolute atomic E-state index is 0.212. The Morgan fingerprint density at radius 3 is 2.45 bits per heavy atom. The highest BCUT2D eigenvalue weighted by Gasteiger charge is 2.14. The van der Waals surface area contributed by atoms with Gasteiger partial charge >= 0.3 is 0 Å². The molecule has 0 spiro atoms. The van der Waals surface area contributed by atoms with Gasteiger partial charge in [0.15, 0.2) is 5.76 Å². The number of anilines is 2. The third kappa shape index (κ3) is 3.86. The largest absolute Gasteiger partial charge is 0.459 e. The molecule has 0 radical (unpaired) electrons. The van der Waals surface area contributed by atoms with E-state index in [1.54, 1.807) is 42.5 Å². The van der Waals surface area contributed by atoms with Crippen LogP contribution in [0.25, 0.3) is 10.8 Å². The molecule has 0 aliphatic rings. The number of hydrogen-bond donors (Lipinski definition) is 2. The Hall–Kier alpha value is -3.57. The monoisotopic (exact) mass is 404 g/mol. The number of furan rings is 1. The van der Waals surface area contributed by atoms with Gasteiger partial charge in [0.05, 0.1) is 6.26 Å². The van der Waals surface area contributed by atoms with Gasteiger partial charge < -0.3 is 15.1 Å². The molecule has 144 valence electrons. The van der Waals surface area contributed by atoms with Crippen LogP contribution in [0.5, 0.6) is 0 Å². The Morgan fingerprint density at radius 1 is 0.862 bits per heavy atom. The van der Waals surface area contributed by atoms with Crippen LogP contribution in [0, 0.1) is 6.92 Å². The summed E-state index contributed by atoms with van der Waals surface area (Å²) in [6.07, 6.45) is 1.44. The molecule has 0 saturated heterocycles. The highest BCUT2D eigenvalue weighted by atomic mass is 35.5. The second-order valence-electron chi connectivity index (χ2n) is 6.56. The molecule has 6 heteroatoms. The lowest BCUT2D eigenvalue weighted by Crippen LogP contribution is -2.15. The van der Waals surface area contributed by atoms with Crippen molar-refractivity contribution in [1.29, 1.82) is 0 Å². The molecule has 0 bridgehead atoms. The van der Waals surface area contributed by atoms with Crippen LogP contribution in [0.15, 0.2) is 77.4 Å². The Balaban J connectivity index is 1.60. The highest BCUT2D eigenvalue weighted by Crippen LogP contribution is 2.27. The first kappa shape index (κ1) is 18.8. The third-order valence-corrected chi connectivity index (χ3v) is 4.93. The van der Waals surface area contributed by atoms with E-state index in [0.29, 0.717) is 22.0 Å². The molecule has 1 aromatic heterocycles. The number of aryl methyl sites for hydroxylation is 1. The zero-order valence-electron chi connectivity index (χ0n) is 15.5. The van der Waals surface area contributed by atoms with Crippen molar-refractivity contribution in [3.05, 3.63) is 94.9 Å². The van der Waals surface area contributed by atoms with Crippen LogP contribution < -0.4 is 10.6 Å². The molecule has 29 heavy (non-hydrogen) atoms. The van der Waals surface area contributed by atoms with Crippen LogP contribution in [0.1, 0.15) is 26.5 Å². The molecule has 0 unspecified atom stereocenters. The number of fused-ring (bicyclic) bond motifs is 1. The average molecular weight is 405 g/mol. The van der Waals surface area contributed by atoms with Gasteiger partial charge in [-0.2, -0.15) is 0 Å². The van der Waals surface area contributed by atoms with E-state index in [1.165, 1.54) is 6.26 Å². The topological polar surface area (TPSA) is 71.3 Å². The van der Waals surface area contributed by atoms with E-state index in [4.69, 9.17) is 16.0 Å². The summed E-state index contributed by atoms with van der Waals surface area (Å²) < 4.78 is 5.10. The quantitative estimate of drug-likeness (QED) is 0.445. The SMILES string of the molecule is Cc1ccc(NC(=O)c2ccco2)cc1NC(=O)c1cccc2c(Cl)cccc12. The van der Waals surface area contributed by atoms with E-state index in [0.717, 1.165) is 16.3 Å². The van der Waals surface area contributed by atoms with Gasteiger partial charge in [0, 0.05) is 27.3 Å². The van der Waals surface area contributed by atoms with E-state index in [9.17, 15) is 9.59 Å². The van der Waals surface area contributed by atoms with Gasteiger partial charge in [0.2, 0.25) is 0 Å². The molecule has 0 aliphatic heterocycles. The first-order valence-corrected chi connectivity index (χ1v) is 9.35. The normalized spacial score (nSPS) is 10.7. The fourth-order valence-corrected chi connectivity index (χ4v) is 3.33. The molecule has 0 aliphatic carbocycles. The van der Waals surface area contributed by atoms with Crippen LogP contribution in [0.3, 0.4) is 0 Å². The molecule has 0 saturated carbocycles. The van der Waals surface area contributed by atoms with Gasteiger partial charge in [0.25, 0.3) is 11.8 Å². The summed E-state index contributed by atoms with van der Waals surface area (Å²) in [5.41, 5.74) is 2.54. The standard InChI is InChI=1S/C23H17ClN2O3/c1-14-10-11-15(25-23(28)21-9-4-12-29-21)13-20(14)26-22(27)18-7-2-6-17-16(18)5-3-8-19(17)24/h2-13H,1H3,(H,25,28)(H,26,27). The van der Waals surface area contributed by atoms with Crippen LogP contribution in [-0.2, 0) is 0 Å². The fraction of sp³-hybridized carbons (Fsp3) is 0.0435. The summed E-state index contributed by atoms with van der Waals surface area (Å²) in [7, 11) is 0. The van der Waals surface area contributed by atoms with Gasteiger partial charge in [-0.3, -0.25) is 9.59 Å². The summed E-state index contributed by atoms with van der Waals surface area (Å²) in [6, 6.07) is 19.4. The maximum absolute atomic E-state index is 13.0. The minimum atomic E-state index is -0.361. The molecule has 2 amide bonds. The molecular formula is C23H17ClN2O3. The van der Waals surface area contributed by atoms with Crippen molar-refractivity contribution in [3.8, 4) is 0 Å². The maximum Gasteiger partial charge on any atom is 0.291 e. The smallest absolute Gasteiger partial charge is 0.291 e. The van der Waals surface area contributed by atoms with Gasteiger partial charge in [-0.15, -0.1) is 0 Å². The second kappa shape index (κ2) is 7.81. The van der Waals surface area contributed by atoms with Gasteiger partial charge in [0.1, 0.15) is 0 Å². The van der Waals surface area contributed by atoms with Gasteiger partial charge in [-0.05, 0) is 54.3 Å². The zero-order chi connectivity index (χ0) is 20.4. The number of halogens is 1. The number of amides is 2. The summed E-state index contributed by atoms with van der Waals surface area (Å²) in [6.45, 7) is 1.88. The minimum Gasteiger partial charge on any atom is -0.459 e. The fourth-order valence-electron chi connectivity index (χ4n) is 3.09. The van der Waals surface area contributed by atoms with Crippen LogP contribution in [-0.4, -0.2) is 11.8 Å². The number of benzene rings is 3. The third-order valence-electron chi connectivity index (χ3n) is 4.60. The van der Waals surface area contributed by atoms with E-state index in [2.05, 4.69) is 10.6 Å². The first-order valence-electron chi connectivity index (χ1n) is 8.97. The number of rotatable bonds is 4. The predicted octanol–water partition coefficient (Wildman–Crippen LogP) is 5.90. The summed E-state index contributed by atoms with van der Waals surface area (Å²) >= 11 is 6.25. The van der Waals surface area contributed by atoms with E-state index < -0.39 is 0 Å². The molecule has 2 N–H and O–H groups in total. The highest BCUT2D eigenvalue weighted by molar-refractivity contribution is 6.36. The predicted molar refractivity (Wildman–Crippen MR) is 115 cm³/mol. The van der Waals surface area contributed by atoms with Crippen LogP contribution in [0.2, 0.25) is 5.02 Å². The van der Waals surface area contributed by atoms with Crippen molar-refractivity contribution in [1.82, 2.24) is 0 Å². The molecule has 0 atom stereocenters. The maximum atomic E-state index is 13.0. The average Bonchev–Trinajstić information content (AvgIpc) is 3.25. The van der Waals surface area contributed by atoms with Crippen molar-refractivity contribution in [2.75, 3.05) is 10.6 Å². The molecule has 5 nitrogen and oxygen atoms in total. The molecule has 4 rings (SSSR count). The van der Waals surface area contributed by atoms with Crippen LogP contribution >= 0.6 is 11.6 Å². The molecule has 3 aromatic carbocycles. The molecule has 1 heterocycles. The van der Waals surface area contributed by atoms with E-state index in [1.807, 2.05) is 31.2 Å². The van der Waals surface area contributed by atoms with Crippen molar-refractivity contribution < 1.29 is 14.0 Å². The Kier molecular flexibility index (Phi) is 5.06. The Morgan fingerprint density at radius 2 is 1.66 bits per heavy atom. The zero-order valence-corrected chi connectivity index (χ0v) is 16.3. The Labute approximate surface area is 172 Å². The second-order valence-corrected chi connectivity index (χ2v) is 6.96. The lowest BCUT2D eigenvalue weighted by molar-refractivity contribution is 0.0995. The summed E-state index contributed by atoms with van der Waals surface area (Å²) in [4.78, 5) is 25.1. The van der Waals surface area contributed by atoms with Crippen molar-refractivity contribution in [3.63, 3.8) is 0 Å². The van der Waals surface area contributed by atoms with Crippen molar-refractivity contribution in [2.24, 2.45) is 0 Å². The van der Waals surface area contributed by atoms with E-state index in [-0.39, 0.29) is 17.6 Å². The van der Waals surface area contributed by atoms with Gasteiger partial charge in [-0.1, -0.05) is 41.9 Å². The van der Waals surface area contributed by atoms with Crippen LogP contribution in [0.4, 0.5) is 11.4 Å². The Bertz CT molecular complexity index is 1220. The lowest BCUT2D eigenvalue weighted by Gasteiger charge is -2.13. The van der Waals surface area contributed by atoms with Crippen molar-refractivity contribution in [2.45, 2.75) is 6.92 Å². The first-order chi connectivity index (χ1) is 14.0. The summed E-state index contributed by atoms with van der Waals surface area (Å²) in [5.74, 6) is -0.404. The van der Waals surface area contributed by atoms with Crippen molar-refractivity contribution >= 4 is 45.6 Å². The molecular weight excluding hydrogens is 388 g/mol.